The fourth-order valence-corrected chi connectivity index (χ4v) is 1.38. The van der Waals surface area contributed by atoms with E-state index in [0.29, 0.717) is 5.75 Å². The van der Waals surface area contributed by atoms with Crippen LogP contribution in [0.4, 0.5) is 0 Å². The highest BCUT2D eigenvalue weighted by Crippen LogP contribution is 2.19. The van der Waals surface area contributed by atoms with Crippen molar-refractivity contribution in [3.63, 3.8) is 0 Å². The number of pyridine rings is 1. The zero-order valence-electron chi connectivity index (χ0n) is 8.75. The molecule has 2 rings (SSSR count). The van der Waals surface area contributed by atoms with Gasteiger partial charge in [0.15, 0.2) is 6.10 Å². The number of carbonyl (C=O) groups is 1. The number of carboxylic acids is 1. The number of fused-ring (bicyclic) bond motifs is 1. The molecular formula is C12H11NO3. The van der Waals surface area contributed by atoms with Crippen molar-refractivity contribution in [1.82, 2.24) is 4.98 Å². The molecule has 0 saturated heterocycles. The maximum atomic E-state index is 10.6. The molecule has 0 saturated carbocycles. The smallest absolute Gasteiger partial charge is 0.344 e. The van der Waals surface area contributed by atoms with Crippen LogP contribution in [-0.2, 0) is 4.79 Å². The molecule has 1 aromatic carbocycles. The van der Waals surface area contributed by atoms with Crippen molar-refractivity contribution in [3.8, 4) is 5.75 Å². The third kappa shape index (κ3) is 2.11. The molecule has 16 heavy (non-hydrogen) atoms. The highest BCUT2D eigenvalue weighted by molar-refractivity contribution is 5.80. The van der Waals surface area contributed by atoms with Gasteiger partial charge in [-0.25, -0.2) is 4.79 Å². The molecule has 0 amide bonds. The van der Waals surface area contributed by atoms with Crippen molar-refractivity contribution in [2.24, 2.45) is 0 Å². The van der Waals surface area contributed by atoms with Crippen LogP contribution in [0.5, 0.6) is 5.75 Å². The van der Waals surface area contributed by atoms with Gasteiger partial charge >= 0.3 is 5.97 Å². The van der Waals surface area contributed by atoms with E-state index in [4.69, 9.17) is 9.84 Å². The molecular weight excluding hydrogens is 206 g/mol. The minimum Gasteiger partial charge on any atom is -0.479 e. The number of carboxylic acid groups (broad SMARTS) is 1. The van der Waals surface area contributed by atoms with Gasteiger partial charge < -0.3 is 9.84 Å². The van der Waals surface area contributed by atoms with E-state index in [-0.39, 0.29) is 0 Å². The van der Waals surface area contributed by atoms with Gasteiger partial charge in [-0.15, -0.1) is 0 Å². The Morgan fingerprint density at radius 3 is 3.00 bits per heavy atom. The van der Waals surface area contributed by atoms with Crippen molar-refractivity contribution in [3.05, 3.63) is 36.5 Å². The van der Waals surface area contributed by atoms with Crippen LogP contribution < -0.4 is 4.74 Å². The van der Waals surface area contributed by atoms with Crippen molar-refractivity contribution in [2.45, 2.75) is 13.0 Å². The maximum absolute atomic E-state index is 10.6. The second kappa shape index (κ2) is 4.18. The fraction of sp³-hybridized carbons (Fsp3) is 0.167. The van der Waals surface area contributed by atoms with Crippen molar-refractivity contribution in [1.29, 1.82) is 0 Å². The molecule has 1 N–H and O–H groups in total. The number of aromatic nitrogens is 1. The van der Waals surface area contributed by atoms with Gasteiger partial charge in [0.1, 0.15) is 5.75 Å². The van der Waals surface area contributed by atoms with E-state index >= 15 is 0 Å². The topological polar surface area (TPSA) is 59.4 Å². The maximum Gasteiger partial charge on any atom is 0.344 e. The number of aliphatic carboxylic acids is 1. The molecule has 0 bridgehead atoms. The highest BCUT2D eigenvalue weighted by Gasteiger charge is 2.12. The number of rotatable bonds is 3. The van der Waals surface area contributed by atoms with Crippen molar-refractivity contribution in [2.75, 3.05) is 0 Å². The molecule has 0 aliphatic heterocycles. The Hall–Kier alpha value is -2.10. The Morgan fingerprint density at radius 1 is 1.44 bits per heavy atom. The predicted molar refractivity (Wildman–Crippen MR) is 59.5 cm³/mol. The minimum absolute atomic E-state index is 0.537. The average molecular weight is 217 g/mol. The molecule has 1 unspecified atom stereocenters. The number of benzene rings is 1. The zero-order valence-corrected chi connectivity index (χ0v) is 8.75. The van der Waals surface area contributed by atoms with Crippen LogP contribution >= 0.6 is 0 Å². The van der Waals surface area contributed by atoms with Crippen LogP contribution in [0.1, 0.15) is 6.92 Å². The summed E-state index contributed by atoms with van der Waals surface area (Å²) in [6, 6.07) is 9.03. The van der Waals surface area contributed by atoms with E-state index in [0.717, 1.165) is 10.9 Å². The van der Waals surface area contributed by atoms with Crippen LogP contribution in [0.15, 0.2) is 36.5 Å². The highest BCUT2D eigenvalue weighted by atomic mass is 16.5. The van der Waals surface area contributed by atoms with E-state index in [9.17, 15) is 4.79 Å². The monoisotopic (exact) mass is 217 g/mol. The first-order valence-corrected chi connectivity index (χ1v) is 4.91. The van der Waals surface area contributed by atoms with Gasteiger partial charge in [-0.2, -0.15) is 0 Å². The predicted octanol–water partition coefficient (Wildman–Crippen LogP) is 2.09. The third-order valence-corrected chi connectivity index (χ3v) is 2.24. The lowest BCUT2D eigenvalue weighted by Crippen LogP contribution is -2.22. The molecule has 1 aromatic heterocycles. The molecule has 0 aliphatic rings. The van der Waals surface area contributed by atoms with E-state index in [1.54, 1.807) is 24.4 Å². The summed E-state index contributed by atoms with van der Waals surface area (Å²) < 4.78 is 5.26. The molecule has 2 aromatic rings. The lowest BCUT2D eigenvalue weighted by Gasteiger charge is -2.10. The van der Waals surface area contributed by atoms with Crippen LogP contribution in [0.25, 0.3) is 10.9 Å². The standard InChI is InChI=1S/C12H11NO3/c1-8(12(14)15)16-10-4-5-11-9(7-10)3-2-6-13-11/h2-8H,1H3,(H,14,15). The van der Waals surface area contributed by atoms with Gasteiger partial charge in [0.25, 0.3) is 0 Å². The average Bonchev–Trinajstić information content (AvgIpc) is 2.28. The lowest BCUT2D eigenvalue weighted by atomic mass is 10.2. The van der Waals surface area contributed by atoms with Gasteiger partial charge in [0.2, 0.25) is 0 Å². The molecule has 1 heterocycles. The number of ether oxygens (including phenoxy) is 1. The Bertz CT molecular complexity index is 524. The van der Waals surface area contributed by atoms with E-state index in [1.807, 2.05) is 12.1 Å². The van der Waals surface area contributed by atoms with E-state index in [2.05, 4.69) is 4.98 Å². The normalized spacial score (nSPS) is 12.3. The zero-order chi connectivity index (χ0) is 11.5. The third-order valence-electron chi connectivity index (χ3n) is 2.24. The van der Waals surface area contributed by atoms with Crippen LogP contribution in [0, 0.1) is 0 Å². The summed E-state index contributed by atoms with van der Waals surface area (Å²) >= 11 is 0. The molecule has 82 valence electrons. The molecule has 4 nitrogen and oxygen atoms in total. The van der Waals surface area contributed by atoms with E-state index in [1.165, 1.54) is 6.92 Å². The number of hydrogen-bond acceptors (Lipinski definition) is 3. The lowest BCUT2D eigenvalue weighted by molar-refractivity contribution is -0.144. The van der Waals surface area contributed by atoms with Crippen LogP contribution in [-0.4, -0.2) is 22.2 Å². The summed E-state index contributed by atoms with van der Waals surface area (Å²) in [6.45, 7) is 1.50. The molecule has 1 atom stereocenters. The number of hydrogen-bond donors (Lipinski definition) is 1. The molecule has 0 fully saturated rings. The van der Waals surface area contributed by atoms with E-state index < -0.39 is 12.1 Å². The molecule has 0 aliphatic carbocycles. The first-order chi connectivity index (χ1) is 7.66. The molecule has 0 spiro atoms. The van der Waals surface area contributed by atoms with Gasteiger partial charge in [-0.05, 0) is 31.2 Å². The summed E-state index contributed by atoms with van der Waals surface area (Å²) in [6.07, 6.45) is 0.858. The number of nitrogens with zero attached hydrogens (tertiary/aromatic N) is 1. The minimum atomic E-state index is -0.980. The first-order valence-electron chi connectivity index (χ1n) is 4.91. The van der Waals surface area contributed by atoms with Crippen LogP contribution in [0.2, 0.25) is 0 Å². The first kappa shape index (κ1) is 10.4. The Balaban J connectivity index is 2.29. The Kier molecular flexibility index (Phi) is 2.72. The summed E-state index contributed by atoms with van der Waals surface area (Å²) in [5.41, 5.74) is 0.859. The Labute approximate surface area is 92.5 Å². The SMILES string of the molecule is CC(Oc1ccc2ncccc2c1)C(=O)O. The molecule has 4 heteroatoms. The summed E-state index contributed by atoms with van der Waals surface area (Å²) in [5.74, 6) is -0.443. The van der Waals surface area contributed by atoms with Gasteiger partial charge in [0, 0.05) is 11.6 Å². The van der Waals surface area contributed by atoms with Gasteiger partial charge in [0.05, 0.1) is 5.52 Å². The van der Waals surface area contributed by atoms with Crippen molar-refractivity contribution >= 4 is 16.9 Å². The summed E-state index contributed by atoms with van der Waals surface area (Å²) in [7, 11) is 0. The van der Waals surface area contributed by atoms with Gasteiger partial charge in [-0.3, -0.25) is 4.98 Å². The molecule has 0 radical (unpaired) electrons. The van der Waals surface area contributed by atoms with Crippen molar-refractivity contribution < 1.29 is 14.6 Å². The van der Waals surface area contributed by atoms with Crippen LogP contribution in [0.3, 0.4) is 0 Å². The van der Waals surface area contributed by atoms with Gasteiger partial charge in [-0.1, -0.05) is 6.07 Å². The fourth-order valence-electron chi connectivity index (χ4n) is 1.38. The Morgan fingerprint density at radius 2 is 2.25 bits per heavy atom. The second-order valence-electron chi connectivity index (χ2n) is 3.46. The summed E-state index contributed by atoms with van der Waals surface area (Å²) in [4.78, 5) is 14.8. The largest absolute Gasteiger partial charge is 0.479 e. The second-order valence-corrected chi connectivity index (χ2v) is 3.46. The quantitative estimate of drug-likeness (QED) is 0.855. The summed E-state index contributed by atoms with van der Waals surface area (Å²) in [5, 5.41) is 9.65.